The first-order valence-electron chi connectivity index (χ1n) is 6.07. The van der Waals surface area contributed by atoms with Gasteiger partial charge in [0.2, 0.25) is 0 Å². The second-order valence-electron chi connectivity index (χ2n) is 4.01. The Hall–Kier alpha value is -1.69. The molecule has 0 aliphatic rings. The van der Waals surface area contributed by atoms with Crippen LogP contribution in [0.25, 0.3) is 0 Å². The number of anilines is 1. The highest BCUT2D eigenvalue weighted by Crippen LogP contribution is 2.17. The first-order valence-corrected chi connectivity index (χ1v) is 6.07. The number of ether oxygens (including phenoxy) is 1. The monoisotopic (exact) mass is 253 g/mol. The third-order valence-corrected chi connectivity index (χ3v) is 2.46. The average molecular weight is 253 g/mol. The third kappa shape index (κ3) is 4.67. The van der Waals surface area contributed by atoms with Crippen molar-refractivity contribution in [2.75, 3.05) is 25.1 Å². The second-order valence-corrected chi connectivity index (χ2v) is 4.01. The molecule has 0 aromatic carbocycles. The normalized spacial score (nSPS) is 10.3. The summed E-state index contributed by atoms with van der Waals surface area (Å²) in [6.07, 6.45) is 3.44. The van der Waals surface area contributed by atoms with Gasteiger partial charge < -0.3 is 10.1 Å². The van der Waals surface area contributed by atoms with E-state index >= 15 is 0 Å². The standard InChI is InChI=1S/C12H19N3O3/c1-3-4-6-18-7-5-13-12-10(2)8-11(9-14-12)15(16)17/h8-9H,3-7H2,1-2H3,(H,13,14). The Labute approximate surface area is 107 Å². The van der Waals surface area contributed by atoms with Gasteiger partial charge in [0.25, 0.3) is 5.69 Å². The van der Waals surface area contributed by atoms with Crippen LogP contribution in [0.2, 0.25) is 0 Å². The fourth-order valence-electron chi connectivity index (χ4n) is 1.43. The fraction of sp³-hybridized carbons (Fsp3) is 0.583. The van der Waals surface area contributed by atoms with E-state index in [9.17, 15) is 10.1 Å². The quantitative estimate of drug-likeness (QED) is 0.437. The molecule has 0 fully saturated rings. The maximum Gasteiger partial charge on any atom is 0.287 e. The van der Waals surface area contributed by atoms with Crippen molar-refractivity contribution < 1.29 is 9.66 Å². The number of rotatable bonds is 8. The summed E-state index contributed by atoms with van der Waals surface area (Å²) in [5.74, 6) is 0.666. The van der Waals surface area contributed by atoms with Crippen LogP contribution in [0.3, 0.4) is 0 Å². The molecule has 0 amide bonds. The van der Waals surface area contributed by atoms with Crippen LogP contribution in [0.4, 0.5) is 11.5 Å². The molecule has 0 aliphatic carbocycles. The largest absolute Gasteiger partial charge is 0.380 e. The van der Waals surface area contributed by atoms with Crippen LogP contribution >= 0.6 is 0 Å². The SMILES string of the molecule is CCCCOCCNc1ncc([N+](=O)[O-])cc1C. The summed E-state index contributed by atoms with van der Waals surface area (Å²) in [5.41, 5.74) is 0.773. The van der Waals surface area contributed by atoms with Crippen molar-refractivity contribution in [2.24, 2.45) is 0 Å². The molecule has 6 nitrogen and oxygen atoms in total. The lowest BCUT2D eigenvalue weighted by Gasteiger charge is -2.08. The van der Waals surface area contributed by atoms with E-state index in [4.69, 9.17) is 4.74 Å². The molecule has 0 atom stereocenters. The van der Waals surface area contributed by atoms with Gasteiger partial charge in [-0.1, -0.05) is 13.3 Å². The zero-order valence-corrected chi connectivity index (χ0v) is 10.8. The van der Waals surface area contributed by atoms with Crippen LogP contribution in [0.15, 0.2) is 12.3 Å². The molecule has 1 rings (SSSR count). The molecule has 0 aliphatic heterocycles. The Morgan fingerprint density at radius 3 is 2.89 bits per heavy atom. The van der Waals surface area contributed by atoms with Gasteiger partial charge in [-0.05, 0) is 18.9 Å². The molecule has 6 heteroatoms. The van der Waals surface area contributed by atoms with E-state index in [0.717, 1.165) is 25.0 Å². The Morgan fingerprint density at radius 1 is 1.50 bits per heavy atom. The summed E-state index contributed by atoms with van der Waals surface area (Å²) in [4.78, 5) is 14.1. The lowest BCUT2D eigenvalue weighted by atomic mass is 10.2. The molecular weight excluding hydrogens is 234 g/mol. The number of aryl methyl sites for hydroxylation is 1. The van der Waals surface area contributed by atoms with E-state index in [2.05, 4.69) is 17.2 Å². The lowest BCUT2D eigenvalue weighted by molar-refractivity contribution is -0.385. The number of aromatic nitrogens is 1. The van der Waals surface area contributed by atoms with Crippen LogP contribution in [0.5, 0.6) is 0 Å². The number of pyridine rings is 1. The van der Waals surface area contributed by atoms with Crippen molar-refractivity contribution >= 4 is 11.5 Å². The van der Waals surface area contributed by atoms with Gasteiger partial charge in [-0.25, -0.2) is 4.98 Å². The maximum atomic E-state index is 10.6. The summed E-state index contributed by atoms with van der Waals surface area (Å²) in [6, 6.07) is 1.51. The van der Waals surface area contributed by atoms with Crippen molar-refractivity contribution in [1.29, 1.82) is 0 Å². The number of nitro groups is 1. The molecule has 0 unspecified atom stereocenters. The van der Waals surface area contributed by atoms with E-state index in [-0.39, 0.29) is 5.69 Å². The minimum Gasteiger partial charge on any atom is -0.380 e. The molecule has 1 aromatic rings. The van der Waals surface area contributed by atoms with Crippen molar-refractivity contribution in [3.05, 3.63) is 27.9 Å². The zero-order chi connectivity index (χ0) is 13.4. The highest BCUT2D eigenvalue weighted by molar-refractivity contribution is 5.48. The molecule has 100 valence electrons. The van der Waals surface area contributed by atoms with E-state index in [1.807, 2.05) is 0 Å². The molecule has 0 radical (unpaired) electrons. The lowest BCUT2D eigenvalue weighted by Crippen LogP contribution is -2.12. The van der Waals surface area contributed by atoms with Crippen LogP contribution in [0, 0.1) is 17.0 Å². The van der Waals surface area contributed by atoms with Crippen molar-refractivity contribution in [3.63, 3.8) is 0 Å². The molecular formula is C12H19N3O3. The van der Waals surface area contributed by atoms with Gasteiger partial charge in [0.05, 0.1) is 11.5 Å². The van der Waals surface area contributed by atoms with E-state index < -0.39 is 4.92 Å². The third-order valence-electron chi connectivity index (χ3n) is 2.46. The van der Waals surface area contributed by atoms with Gasteiger partial charge in [-0.15, -0.1) is 0 Å². The van der Waals surface area contributed by atoms with Crippen LogP contribution in [0.1, 0.15) is 25.3 Å². The van der Waals surface area contributed by atoms with Crippen molar-refractivity contribution in [3.8, 4) is 0 Å². The van der Waals surface area contributed by atoms with Crippen LogP contribution < -0.4 is 5.32 Å². The topological polar surface area (TPSA) is 77.3 Å². The minimum absolute atomic E-state index is 0.0113. The molecule has 1 aromatic heterocycles. The van der Waals surface area contributed by atoms with E-state index in [1.165, 1.54) is 12.3 Å². The Bertz CT molecular complexity index is 396. The average Bonchev–Trinajstić information content (AvgIpc) is 2.35. The van der Waals surface area contributed by atoms with Crippen molar-refractivity contribution in [2.45, 2.75) is 26.7 Å². The molecule has 1 heterocycles. The number of nitrogens with zero attached hydrogens (tertiary/aromatic N) is 2. The number of unbranched alkanes of at least 4 members (excludes halogenated alkanes) is 1. The highest BCUT2D eigenvalue weighted by Gasteiger charge is 2.08. The summed E-state index contributed by atoms with van der Waals surface area (Å²) in [5, 5.41) is 13.6. The van der Waals surface area contributed by atoms with E-state index in [0.29, 0.717) is 19.0 Å². The Morgan fingerprint density at radius 2 is 2.28 bits per heavy atom. The summed E-state index contributed by atoms with van der Waals surface area (Å²) >= 11 is 0. The minimum atomic E-state index is -0.447. The molecule has 0 bridgehead atoms. The van der Waals surface area contributed by atoms with Crippen LogP contribution in [-0.4, -0.2) is 29.7 Å². The first kappa shape index (κ1) is 14.4. The van der Waals surface area contributed by atoms with Gasteiger partial charge >= 0.3 is 0 Å². The zero-order valence-electron chi connectivity index (χ0n) is 10.8. The Kier molecular flexibility index (Phi) is 6.07. The number of nitrogens with one attached hydrogen (secondary N) is 1. The van der Waals surface area contributed by atoms with E-state index in [1.54, 1.807) is 6.92 Å². The van der Waals surface area contributed by atoms with Gasteiger partial charge in [0.1, 0.15) is 12.0 Å². The second kappa shape index (κ2) is 7.60. The van der Waals surface area contributed by atoms with Gasteiger partial charge in [0, 0.05) is 19.2 Å². The molecule has 0 spiro atoms. The smallest absolute Gasteiger partial charge is 0.287 e. The molecule has 0 saturated carbocycles. The van der Waals surface area contributed by atoms with Crippen molar-refractivity contribution in [1.82, 2.24) is 4.98 Å². The first-order chi connectivity index (χ1) is 8.65. The summed E-state index contributed by atoms with van der Waals surface area (Å²) < 4.78 is 5.40. The predicted octanol–water partition coefficient (Wildman–Crippen LogP) is 2.53. The van der Waals surface area contributed by atoms with Gasteiger partial charge in [-0.3, -0.25) is 10.1 Å². The fourth-order valence-corrected chi connectivity index (χ4v) is 1.43. The van der Waals surface area contributed by atoms with Gasteiger partial charge in [-0.2, -0.15) is 0 Å². The molecule has 0 saturated heterocycles. The predicted molar refractivity (Wildman–Crippen MR) is 69.8 cm³/mol. The van der Waals surface area contributed by atoms with Crippen LogP contribution in [-0.2, 0) is 4.74 Å². The molecule has 1 N–H and O–H groups in total. The summed E-state index contributed by atoms with van der Waals surface area (Å²) in [6.45, 7) is 5.93. The summed E-state index contributed by atoms with van der Waals surface area (Å²) in [7, 11) is 0. The van der Waals surface area contributed by atoms with Gasteiger partial charge in [0.15, 0.2) is 0 Å². The number of hydrogen-bond acceptors (Lipinski definition) is 5. The maximum absolute atomic E-state index is 10.6. The highest BCUT2D eigenvalue weighted by atomic mass is 16.6. The Balaban J connectivity index is 2.36. The molecule has 18 heavy (non-hydrogen) atoms. The number of hydrogen-bond donors (Lipinski definition) is 1.